The lowest BCUT2D eigenvalue weighted by atomic mass is 10.1. The van der Waals surface area contributed by atoms with Crippen molar-refractivity contribution in [3.63, 3.8) is 0 Å². The van der Waals surface area contributed by atoms with E-state index in [1.165, 1.54) is 21.4 Å². The zero-order valence-corrected chi connectivity index (χ0v) is 14.0. The predicted octanol–water partition coefficient (Wildman–Crippen LogP) is 2.93. The first-order valence-electron chi connectivity index (χ1n) is 7.80. The third-order valence-electron chi connectivity index (χ3n) is 3.90. The molecule has 0 N–H and O–H groups in total. The van der Waals surface area contributed by atoms with Crippen LogP contribution in [0.4, 0.5) is 0 Å². The van der Waals surface area contributed by atoms with Crippen LogP contribution in [0.5, 0.6) is 0 Å². The van der Waals surface area contributed by atoms with Gasteiger partial charge in [0.1, 0.15) is 0 Å². The minimum Gasteiger partial charge on any atom is -0.266 e. The normalized spacial score (nSPS) is 12.1. The zero-order chi connectivity index (χ0) is 16.5. The van der Waals surface area contributed by atoms with Crippen molar-refractivity contribution in [1.29, 1.82) is 0 Å². The molecule has 4 aromatic rings. The largest absolute Gasteiger partial charge is 0.291 e. The molecule has 0 fully saturated rings. The summed E-state index contributed by atoms with van der Waals surface area (Å²) in [5, 5.41) is 4.36. The van der Waals surface area contributed by atoms with Gasteiger partial charge in [0.2, 0.25) is 4.96 Å². The lowest BCUT2D eigenvalue weighted by Gasteiger charge is -1.96. The van der Waals surface area contributed by atoms with Crippen LogP contribution in [-0.4, -0.2) is 14.6 Å². The second kappa shape index (κ2) is 6.02. The second-order valence-electron chi connectivity index (χ2n) is 5.51. The van der Waals surface area contributed by atoms with Crippen molar-refractivity contribution in [2.24, 2.45) is 0 Å². The molecule has 5 heteroatoms. The molecule has 0 amide bonds. The van der Waals surface area contributed by atoms with Crippen LogP contribution in [0, 0.1) is 0 Å². The third-order valence-corrected chi connectivity index (χ3v) is 4.86. The summed E-state index contributed by atoms with van der Waals surface area (Å²) in [6.45, 7) is 2.12. The average Bonchev–Trinajstić information content (AvgIpc) is 3.17. The molecular weight excluding hydrogens is 318 g/mol. The van der Waals surface area contributed by atoms with E-state index < -0.39 is 0 Å². The molecule has 2 heterocycles. The summed E-state index contributed by atoms with van der Waals surface area (Å²) >= 11 is 1.37. The van der Waals surface area contributed by atoms with Gasteiger partial charge in [-0.15, -0.1) is 5.10 Å². The van der Waals surface area contributed by atoms with Crippen LogP contribution in [0.25, 0.3) is 22.4 Å². The fourth-order valence-electron chi connectivity index (χ4n) is 2.54. The Morgan fingerprint density at radius 2 is 1.83 bits per heavy atom. The minimum atomic E-state index is -0.121. The van der Waals surface area contributed by atoms with E-state index in [0.29, 0.717) is 15.3 Å². The van der Waals surface area contributed by atoms with Gasteiger partial charge in [0, 0.05) is 5.56 Å². The van der Waals surface area contributed by atoms with Crippen molar-refractivity contribution in [3.8, 4) is 11.4 Å². The lowest BCUT2D eigenvalue weighted by molar-refractivity contribution is 0.937. The van der Waals surface area contributed by atoms with Gasteiger partial charge >= 0.3 is 0 Å². The van der Waals surface area contributed by atoms with E-state index in [9.17, 15) is 4.79 Å². The number of rotatable bonds is 3. The van der Waals surface area contributed by atoms with Gasteiger partial charge in [-0.2, -0.15) is 9.50 Å². The molecular formula is C19H15N3OS. The van der Waals surface area contributed by atoms with E-state index in [-0.39, 0.29) is 5.56 Å². The predicted molar refractivity (Wildman–Crippen MR) is 97.2 cm³/mol. The first-order chi connectivity index (χ1) is 11.7. The molecule has 0 saturated carbocycles. The Morgan fingerprint density at radius 3 is 2.50 bits per heavy atom. The summed E-state index contributed by atoms with van der Waals surface area (Å²) < 4.78 is 2.04. The van der Waals surface area contributed by atoms with E-state index in [4.69, 9.17) is 0 Å². The Balaban J connectivity index is 1.78. The molecule has 0 aliphatic carbocycles. The van der Waals surface area contributed by atoms with E-state index in [2.05, 4.69) is 29.1 Å². The summed E-state index contributed by atoms with van der Waals surface area (Å²) in [7, 11) is 0. The third kappa shape index (κ3) is 2.63. The first kappa shape index (κ1) is 14.8. The summed E-state index contributed by atoms with van der Waals surface area (Å²) in [5.41, 5.74) is 3.08. The Morgan fingerprint density at radius 1 is 1.08 bits per heavy atom. The molecule has 0 atom stereocenters. The summed E-state index contributed by atoms with van der Waals surface area (Å²) in [6.07, 6.45) is 2.90. The van der Waals surface area contributed by atoms with Crippen molar-refractivity contribution in [2.75, 3.05) is 0 Å². The summed E-state index contributed by atoms with van der Waals surface area (Å²) in [6, 6.07) is 17.9. The number of hydrogen-bond donors (Lipinski definition) is 0. The SMILES string of the molecule is CCc1ccc(/C=c2/sc3nc(-c4ccccc4)nn3c2=O)cc1. The van der Waals surface area contributed by atoms with E-state index in [0.717, 1.165) is 17.5 Å². The number of benzene rings is 2. The van der Waals surface area contributed by atoms with Crippen LogP contribution in [0.2, 0.25) is 0 Å². The number of nitrogens with zero attached hydrogens (tertiary/aromatic N) is 3. The fourth-order valence-corrected chi connectivity index (χ4v) is 3.45. The van der Waals surface area contributed by atoms with Gasteiger partial charge in [0.05, 0.1) is 4.53 Å². The lowest BCUT2D eigenvalue weighted by Crippen LogP contribution is -2.23. The number of fused-ring (bicyclic) bond motifs is 1. The maximum Gasteiger partial charge on any atom is 0.291 e. The maximum atomic E-state index is 12.5. The topological polar surface area (TPSA) is 47.3 Å². The van der Waals surface area contributed by atoms with Gasteiger partial charge in [-0.05, 0) is 23.6 Å². The Labute approximate surface area is 142 Å². The molecule has 0 radical (unpaired) electrons. The van der Waals surface area contributed by atoms with Gasteiger partial charge in [0.25, 0.3) is 5.56 Å². The van der Waals surface area contributed by atoms with E-state index >= 15 is 0 Å². The van der Waals surface area contributed by atoms with Crippen LogP contribution in [0.3, 0.4) is 0 Å². The monoisotopic (exact) mass is 333 g/mol. The van der Waals surface area contributed by atoms with Gasteiger partial charge in [-0.25, -0.2) is 0 Å². The Hall–Kier alpha value is -2.79. The maximum absolute atomic E-state index is 12.5. The van der Waals surface area contributed by atoms with Crippen LogP contribution >= 0.6 is 11.3 Å². The number of hydrogen-bond acceptors (Lipinski definition) is 4. The van der Waals surface area contributed by atoms with E-state index in [1.807, 2.05) is 48.5 Å². The van der Waals surface area contributed by atoms with Crippen LogP contribution in [0.15, 0.2) is 59.4 Å². The molecule has 24 heavy (non-hydrogen) atoms. The van der Waals surface area contributed by atoms with Crippen LogP contribution < -0.4 is 10.1 Å². The highest BCUT2D eigenvalue weighted by atomic mass is 32.1. The molecule has 2 aromatic carbocycles. The smallest absolute Gasteiger partial charge is 0.266 e. The van der Waals surface area contributed by atoms with E-state index in [1.54, 1.807) is 0 Å². The average molecular weight is 333 g/mol. The van der Waals surface area contributed by atoms with Gasteiger partial charge in [-0.3, -0.25) is 4.79 Å². The molecule has 4 nitrogen and oxygen atoms in total. The zero-order valence-electron chi connectivity index (χ0n) is 13.1. The van der Waals surface area contributed by atoms with Crippen molar-refractivity contribution < 1.29 is 0 Å². The Kier molecular flexibility index (Phi) is 3.70. The number of aryl methyl sites for hydroxylation is 1. The van der Waals surface area contributed by atoms with Crippen LogP contribution in [-0.2, 0) is 6.42 Å². The molecule has 0 spiro atoms. The second-order valence-corrected chi connectivity index (χ2v) is 6.52. The summed E-state index contributed by atoms with van der Waals surface area (Å²) in [4.78, 5) is 17.6. The minimum absolute atomic E-state index is 0.121. The number of thiazole rings is 1. The van der Waals surface area contributed by atoms with Gasteiger partial charge in [-0.1, -0.05) is 72.9 Å². The molecule has 0 aliphatic heterocycles. The van der Waals surface area contributed by atoms with Crippen molar-refractivity contribution in [2.45, 2.75) is 13.3 Å². The molecule has 2 aromatic heterocycles. The molecule has 4 rings (SSSR count). The quantitative estimate of drug-likeness (QED) is 0.579. The molecule has 0 unspecified atom stereocenters. The van der Waals surface area contributed by atoms with Crippen molar-refractivity contribution >= 4 is 22.4 Å². The molecule has 0 bridgehead atoms. The van der Waals surface area contributed by atoms with Crippen molar-refractivity contribution in [3.05, 3.63) is 80.6 Å². The highest BCUT2D eigenvalue weighted by molar-refractivity contribution is 7.15. The Bertz CT molecular complexity index is 1100. The first-order valence-corrected chi connectivity index (χ1v) is 8.62. The molecule has 118 valence electrons. The highest BCUT2D eigenvalue weighted by Gasteiger charge is 2.11. The standard InChI is InChI=1S/C19H15N3OS/c1-2-13-8-10-14(11-9-13)12-16-18(23)22-19(24-16)20-17(21-22)15-6-4-3-5-7-15/h3-12H,2H2,1H3/b16-12+. The summed E-state index contributed by atoms with van der Waals surface area (Å²) in [5.74, 6) is 0.581. The van der Waals surface area contributed by atoms with Crippen LogP contribution in [0.1, 0.15) is 18.1 Å². The van der Waals surface area contributed by atoms with Gasteiger partial charge in [0.15, 0.2) is 5.82 Å². The highest BCUT2D eigenvalue weighted by Crippen LogP contribution is 2.15. The molecule has 0 aliphatic rings. The fraction of sp³-hybridized carbons (Fsp3) is 0.105. The number of aromatic nitrogens is 3. The van der Waals surface area contributed by atoms with Gasteiger partial charge < -0.3 is 0 Å². The van der Waals surface area contributed by atoms with Crippen molar-refractivity contribution in [1.82, 2.24) is 14.6 Å². The molecule has 0 saturated heterocycles.